The monoisotopic (exact) mass is 472 g/mol. The second-order valence-corrected chi connectivity index (χ2v) is 9.56. The molecule has 1 saturated heterocycles. The lowest BCUT2D eigenvalue weighted by molar-refractivity contribution is 0.0412. The first-order chi connectivity index (χ1) is 15.9. The molecule has 1 aromatic carbocycles. The largest absolute Gasteiger partial charge is 0.449 e. The summed E-state index contributed by atoms with van der Waals surface area (Å²) in [7, 11) is 0. The average molecular weight is 473 g/mol. The maximum Gasteiger partial charge on any atom is 0.410 e. The second-order valence-electron chi connectivity index (χ2n) is 9.18. The zero-order valence-corrected chi connectivity index (χ0v) is 20.2. The van der Waals surface area contributed by atoms with Gasteiger partial charge >= 0.3 is 6.09 Å². The third-order valence-corrected chi connectivity index (χ3v) is 7.22. The Morgan fingerprint density at radius 2 is 2.12 bits per heavy atom. The Hall–Kier alpha value is -2.38. The molecule has 33 heavy (non-hydrogen) atoms. The van der Waals surface area contributed by atoms with Crippen molar-refractivity contribution in [1.29, 1.82) is 0 Å². The van der Waals surface area contributed by atoms with Crippen LogP contribution in [0.5, 0.6) is 0 Å². The maximum absolute atomic E-state index is 13.3. The van der Waals surface area contributed by atoms with E-state index in [2.05, 4.69) is 0 Å². The lowest BCUT2D eigenvalue weighted by Crippen LogP contribution is -2.55. The number of nitrogens with zero attached hydrogens (tertiary/aromatic N) is 3. The standard InChI is InChI=1S/C25H33ClN4O3/c1-3-12-33-25(32)30-11-10-29(15-16(30)2)24(31)18-5-7-20-22(14-18)28-21-13-17(8-9-27)4-6-19(21)23(20)26/h5,7,14,16-17H,3-4,6,8-13,15,27H2,1-2H3. The van der Waals surface area contributed by atoms with Crippen LogP contribution in [0.4, 0.5) is 4.79 Å². The van der Waals surface area contributed by atoms with E-state index in [1.54, 1.807) is 9.80 Å². The van der Waals surface area contributed by atoms with Crippen molar-refractivity contribution < 1.29 is 14.3 Å². The van der Waals surface area contributed by atoms with Crippen molar-refractivity contribution in [1.82, 2.24) is 14.8 Å². The number of halogens is 1. The zero-order valence-electron chi connectivity index (χ0n) is 19.5. The van der Waals surface area contributed by atoms with E-state index in [1.807, 2.05) is 32.0 Å². The van der Waals surface area contributed by atoms with Crippen LogP contribution in [0.25, 0.3) is 10.9 Å². The Labute approximate surface area is 200 Å². The van der Waals surface area contributed by atoms with Crippen molar-refractivity contribution in [2.75, 3.05) is 32.8 Å². The van der Waals surface area contributed by atoms with E-state index in [0.29, 0.717) is 44.3 Å². The SMILES string of the molecule is CCCOC(=O)N1CCN(C(=O)c2ccc3c(Cl)c4c(nc3c2)CC(CCN)CC4)CC1C. The number of amides is 2. The van der Waals surface area contributed by atoms with Crippen molar-refractivity contribution in [3.8, 4) is 0 Å². The van der Waals surface area contributed by atoms with Gasteiger partial charge in [0.25, 0.3) is 5.91 Å². The number of benzene rings is 1. The molecule has 2 unspecified atom stereocenters. The summed E-state index contributed by atoms with van der Waals surface area (Å²) in [5.41, 5.74) is 9.28. The molecule has 0 radical (unpaired) electrons. The molecule has 0 bridgehead atoms. The van der Waals surface area contributed by atoms with Crippen molar-refractivity contribution in [2.24, 2.45) is 11.7 Å². The number of carbonyl (C=O) groups excluding carboxylic acids is 2. The summed E-state index contributed by atoms with van der Waals surface area (Å²) < 4.78 is 5.26. The molecular formula is C25H33ClN4O3. The van der Waals surface area contributed by atoms with Gasteiger partial charge in [0, 0.05) is 42.3 Å². The number of fused-ring (bicyclic) bond motifs is 2. The molecule has 4 rings (SSSR count). The van der Waals surface area contributed by atoms with Crippen molar-refractivity contribution in [3.05, 3.63) is 40.0 Å². The van der Waals surface area contributed by atoms with Crippen LogP contribution in [0, 0.1) is 5.92 Å². The van der Waals surface area contributed by atoms with E-state index < -0.39 is 0 Å². The first-order valence-electron chi connectivity index (χ1n) is 12.0. The van der Waals surface area contributed by atoms with E-state index in [9.17, 15) is 9.59 Å². The number of aromatic nitrogens is 1. The molecule has 0 saturated carbocycles. The molecule has 7 nitrogen and oxygen atoms in total. The van der Waals surface area contributed by atoms with Crippen LogP contribution in [-0.2, 0) is 17.6 Å². The Morgan fingerprint density at radius 1 is 1.30 bits per heavy atom. The summed E-state index contributed by atoms with van der Waals surface area (Å²) >= 11 is 6.76. The molecule has 1 aromatic heterocycles. The van der Waals surface area contributed by atoms with Crippen LogP contribution < -0.4 is 5.73 Å². The first kappa shape index (κ1) is 23.8. The lowest BCUT2D eigenvalue weighted by Gasteiger charge is -2.39. The van der Waals surface area contributed by atoms with Crippen LogP contribution in [0.1, 0.15) is 54.7 Å². The molecule has 1 fully saturated rings. The summed E-state index contributed by atoms with van der Waals surface area (Å²) in [6, 6.07) is 5.48. The quantitative estimate of drug-likeness (QED) is 0.709. The number of carbonyl (C=O) groups is 2. The highest BCUT2D eigenvalue weighted by Crippen LogP contribution is 2.35. The van der Waals surface area contributed by atoms with Gasteiger partial charge in [0.1, 0.15) is 0 Å². The fraction of sp³-hybridized carbons (Fsp3) is 0.560. The smallest absolute Gasteiger partial charge is 0.410 e. The van der Waals surface area contributed by atoms with Gasteiger partial charge in [0.15, 0.2) is 0 Å². The molecule has 8 heteroatoms. The predicted octanol–water partition coefficient (Wildman–Crippen LogP) is 4.03. The second kappa shape index (κ2) is 10.3. The third-order valence-electron chi connectivity index (χ3n) is 6.79. The van der Waals surface area contributed by atoms with Gasteiger partial charge in [-0.05, 0) is 69.2 Å². The fourth-order valence-electron chi connectivity index (χ4n) is 4.94. The summed E-state index contributed by atoms with van der Waals surface area (Å²) in [6.45, 7) is 6.41. The van der Waals surface area contributed by atoms with Gasteiger partial charge in [-0.3, -0.25) is 9.78 Å². The zero-order chi connectivity index (χ0) is 23.5. The van der Waals surface area contributed by atoms with Gasteiger partial charge in [-0.25, -0.2) is 4.79 Å². The Kier molecular flexibility index (Phi) is 7.39. The summed E-state index contributed by atoms with van der Waals surface area (Å²) in [5.74, 6) is 0.483. The molecule has 2 atom stereocenters. The predicted molar refractivity (Wildman–Crippen MR) is 130 cm³/mol. The molecule has 1 aliphatic heterocycles. The van der Waals surface area contributed by atoms with Crippen LogP contribution in [0.2, 0.25) is 5.02 Å². The molecule has 2 heterocycles. The molecule has 178 valence electrons. The van der Waals surface area contributed by atoms with Gasteiger partial charge in [0.05, 0.1) is 17.1 Å². The maximum atomic E-state index is 13.3. The van der Waals surface area contributed by atoms with Crippen LogP contribution in [0.3, 0.4) is 0 Å². The normalized spacial score (nSPS) is 20.6. The number of pyridine rings is 1. The van der Waals surface area contributed by atoms with Gasteiger partial charge < -0.3 is 20.3 Å². The van der Waals surface area contributed by atoms with Gasteiger partial charge in [0.2, 0.25) is 0 Å². The number of hydrogen-bond donors (Lipinski definition) is 1. The Morgan fingerprint density at radius 3 is 2.85 bits per heavy atom. The van der Waals surface area contributed by atoms with Crippen LogP contribution in [0.15, 0.2) is 18.2 Å². The summed E-state index contributed by atoms with van der Waals surface area (Å²) in [4.78, 5) is 33.9. The molecular weight excluding hydrogens is 440 g/mol. The van der Waals surface area contributed by atoms with Gasteiger partial charge in [-0.15, -0.1) is 0 Å². The lowest BCUT2D eigenvalue weighted by atomic mass is 9.84. The summed E-state index contributed by atoms with van der Waals surface area (Å²) in [6.07, 6.45) is 4.36. The van der Waals surface area contributed by atoms with E-state index in [1.165, 1.54) is 0 Å². The van der Waals surface area contributed by atoms with Gasteiger partial charge in [-0.2, -0.15) is 0 Å². The molecule has 1 aliphatic carbocycles. The van der Waals surface area contributed by atoms with Crippen molar-refractivity contribution in [3.63, 3.8) is 0 Å². The molecule has 0 spiro atoms. The topological polar surface area (TPSA) is 88.8 Å². The average Bonchev–Trinajstić information content (AvgIpc) is 2.82. The van der Waals surface area contributed by atoms with Crippen LogP contribution >= 0.6 is 11.6 Å². The highest BCUT2D eigenvalue weighted by atomic mass is 35.5. The fourth-order valence-corrected chi connectivity index (χ4v) is 5.31. The Bertz CT molecular complexity index is 1040. The molecule has 2 N–H and O–H groups in total. The van der Waals surface area contributed by atoms with Crippen LogP contribution in [-0.4, -0.2) is 65.6 Å². The minimum Gasteiger partial charge on any atom is -0.449 e. The molecule has 2 aliphatic rings. The number of nitrogens with two attached hydrogens (primary N) is 1. The summed E-state index contributed by atoms with van der Waals surface area (Å²) in [5, 5.41) is 1.65. The molecule has 2 aromatic rings. The minimum absolute atomic E-state index is 0.0537. The highest BCUT2D eigenvalue weighted by Gasteiger charge is 2.31. The van der Waals surface area contributed by atoms with Crippen molar-refractivity contribution >= 4 is 34.5 Å². The third kappa shape index (κ3) is 4.94. The highest BCUT2D eigenvalue weighted by molar-refractivity contribution is 6.36. The Balaban J connectivity index is 1.52. The first-order valence-corrected chi connectivity index (χ1v) is 12.3. The van der Waals surface area contributed by atoms with Crippen molar-refractivity contribution in [2.45, 2.75) is 52.0 Å². The van der Waals surface area contributed by atoms with E-state index >= 15 is 0 Å². The van der Waals surface area contributed by atoms with E-state index in [4.69, 9.17) is 27.1 Å². The van der Waals surface area contributed by atoms with E-state index in [0.717, 1.165) is 59.3 Å². The number of hydrogen-bond acceptors (Lipinski definition) is 5. The number of ether oxygens (including phenoxy) is 1. The number of rotatable bonds is 5. The molecule has 2 amide bonds. The van der Waals surface area contributed by atoms with E-state index in [-0.39, 0.29) is 18.0 Å². The minimum atomic E-state index is -0.307. The van der Waals surface area contributed by atoms with Gasteiger partial charge in [-0.1, -0.05) is 24.6 Å². The number of piperazine rings is 1.